The zero-order valence-electron chi connectivity index (χ0n) is 14.7. The van der Waals surface area contributed by atoms with Crippen LogP contribution in [-0.2, 0) is 22.9 Å². The van der Waals surface area contributed by atoms with Crippen LogP contribution in [0, 0.1) is 0 Å². The van der Waals surface area contributed by atoms with Crippen LogP contribution in [0.3, 0.4) is 0 Å². The van der Waals surface area contributed by atoms with Gasteiger partial charge in [0.2, 0.25) is 5.78 Å². The zero-order chi connectivity index (χ0) is 21.6. The van der Waals surface area contributed by atoms with E-state index in [0.29, 0.717) is 17.4 Å². The molecule has 0 radical (unpaired) electrons. The fraction of sp³-hybridized carbons (Fsp3) is 0.278. The van der Waals surface area contributed by atoms with E-state index in [1.54, 1.807) is 24.3 Å². The van der Waals surface area contributed by atoms with Crippen LogP contribution in [-0.4, -0.2) is 32.7 Å². The Morgan fingerprint density at radius 3 is 2.24 bits per heavy atom. The van der Waals surface area contributed by atoms with E-state index < -0.39 is 49.5 Å². The fourth-order valence-corrected chi connectivity index (χ4v) is 3.86. The molecular weight excluding hydrogens is 423 g/mol. The van der Waals surface area contributed by atoms with Gasteiger partial charge in [0, 0.05) is 12.0 Å². The van der Waals surface area contributed by atoms with E-state index in [1.165, 1.54) is 7.11 Å². The number of hydrogen-bond acceptors (Lipinski definition) is 5. The first-order valence-electron chi connectivity index (χ1n) is 8.04. The molecule has 156 valence electrons. The Morgan fingerprint density at radius 2 is 1.69 bits per heavy atom. The van der Waals surface area contributed by atoms with E-state index in [2.05, 4.69) is 0 Å². The summed E-state index contributed by atoms with van der Waals surface area (Å²) >= 11 is 0. The van der Waals surface area contributed by atoms with Crippen molar-refractivity contribution in [2.45, 2.75) is 29.4 Å². The summed E-state index contributed by atoms with van der Waals surface area (Å²) < 4.78 is 100. The number of ether oxygens (including phenoxy) is 2. The molecule has 0 heterocycles. The minimum Gasteiger partial charge on any atom is -0.497 e. The summed E-state index contributed by atoms with van der Waals surface area (Å²) in [6.45, 7) is -0.151. The quantitative estimate of drug-likeness (QED) is 0.665. The predicted molar refractivity (Wildman–Crippen MR) is 90.0 cm³/mol. The zero-order valence-corrected chi connectivity index (χ0v) is 15.5. The van der Waals surface area contributed by atoms with Gasteiger partial charge in [-0.3, -0.25) is 4.79 Å². The Labute approximate surface area is 162 Å². The number of Topliss-reactive ketones (excluding diaryl/α,β-unsaturated/α-hetero) is 1. The molecule has 11 heteroatoms. The molecule has 1 aliphatic rings. The molecule has 0 fully saturated rings. The fourth-order valence-electron chi connectivity index (χ4n) is 2.88. The van der Waals surface area contributed by atoms with E-state index in [1.807, 2.05) is 0 Å². The maximum atomic E-state index is 13.9. The van der Waals surface area contributed by atoms with E-state index in [-0.39, 0.29) is 12.4 Å². The second kappa shape index (κ2) is 6.97. The number of benzene rings is 2. The molecule has 0 amide bonds. The van der Waals surface area contributed by atoms with Gasteiger partial charge in [-0.05, 0) is 29.8 Å². The molecule has 0 aromatic heterocycles. The third-order valence-corrected chi connectivity index (χ3v) is 5.87. The molecule has 0 saturated carbocycles. The van der Waals surface area contributed by atoms with Gasteiger partial charge in [0.15, 0.2) is 0 Å². The first kappa shape index (κ1) is 21.0. The van der Waals surface area contributed by atoms with Crippen molar-refractivity contribution in [1.82, 2.24) is 0 Å². The van der Waals surface area contributed by atoms with Crippen LogP contribution in [0.15, 0.2) is 41.3 Å². The van der Waals surface area contributed by atoms with Gasteiger partial charge < -0.3 is 9.47 Å². The summed E-state index contributed by atoms with van der Waals surface area (Å²) in [5.74, 6) is -5.74. The lowest BCUT2D eigenvalue weighted by molar-refractivity contribution is -0.0436. The van der Waals surface area contributed by atoms with Crippen molar-refractivity contribution in [3.63, 3.8) is 0 Å². The Morgan fingerprint density at radius 1 is 1.07 bits per heavy atom. The van der Waals surface area contributed by atoms with Crippen molar-refractivity contribution < 1.29 is 44.6 Å². The van der Waals surface area contributed by atoms with Gasteiger partial charge in [-0.15, -0.1) is 0 Å². The summed E-state index contributed by atoms with van der Waals surface area (Å²) in [5.41, 5.74) is -6.91. The van der Waals surface area contributed by atoms with Crippen LogP contribution < -0.4 is 9.47 Å². The lowest BCUT2D eigenvalue weighted by Gasteiger charge is -2.15. The highest BCUT2D eigenvalue weighted by atomic mass is 32.2. The molecule has 0 atom stereocenters. The lowest BCUT2D eigenvalue weighted by atomic mass is 10.1. The molecule has 3 rings (SSSR count). The van der Waals surface area contributed by atoms with E-state index in [0.717, 1.165) is 6.07 Å². The van der Waals surface area contributed by atoms with Gasteiger partial charge in [-0.1, -0.05) is 12.1 Å². The van der Waals surface area contributed by atoms with Crippen molar-refractivity contribution in [2.24, 2.45) is 0 Å². The number of carbonyl (C=O) groups is 1. The van der Waals surface area contributed by atoms with Gasteiger partial charge >= 0.3 is 11.4 Å². The first-order valence-corrected chi connectivity index (χ1v) is 9.52. The molecule has 0 bridgehead atoms. The maximum Gasteiger partial charge on any atom is 0.501 e. The Balaban J connectivity index is 2.02. The van der Waals surface area contributed by atoms with Gasteiger partial charge in [0.1, 0.15) is 18.1 Å². The highest BCUT2D eigenvalue weighted by Gasteiger charge is 2.55. The number of ketones is 1. The number of fused-ring (bicyclic) bond motifs is 1. The average molecular weight is 436 g/mol. The van der Waals surface area contributed by atoms with Crippen molar-refractivity contribution in [3.8, 4) is 11.5 Å². The van der Waals surface area contributed by atoms with Crippen molar-refractivity contribution in [2.75, 3.05) is 7.11 Å². The standard InChI is InChI=1S/C18H13F5O5S/c1-27-11-4-2-10(3-5-11)9-28-13-6-7-14(29(25,26)18(21,22)23)15-12(13)8-17(19,20)16(15)24/h2-7H,8-9H2,1H3. The number of carbonyl (C=O) groups excluding carboxylic acids is 1. The number of sulfone groups is 1. The van der Waals surface area contributed by atoms with Gasteiger partial charge in [0.05, 0.1) is 17.6 Å². The number of methoxy groups -OCH3 is 1. The maximum absolute atomic E-state index is 13.9. The molecule has 0 aliphatic heterocycles. The Bertz CT molecular complexity index is 1060. The van der Waals surface area contributed by atoms with Crippen molar-refractivity contribution in [3.05, 3.63) is 53.1 Å². The molecule has 5 nitrogen and oxygen atoms in total. The van der Waals surface area contributed by atoms with Crippen LogP contribution in [0.5, 0.6) is 11.5 Å². The molecular formula is C18H13F5O5S. The van der Waals surface area contributed by atoms with E-state index in [4.69, 9.17) is 9.47 Å². The number of rotatable bonds is 5. The number of alkyl halides is 5. The largest absolute Gasteiger partial charge is 0.501 e. The Kier molecular flexibility index (Phi) is 5.06. The van der Waals surface area contributed by atoms with Crippen LogP contribution in [0.4, 0.5) is 22.0 Å². The normalized spacial score (nSPS) is 15.9. The van der Waals surface area contributed by atoms with Crippen molar-refractivity contribution in [1.29, 1.82) is 0 Å². The summed E-state index contributed by atoms with van der Waals surface area (Å²) in [4.78, 5) is 10.5. The second-order valence-electron chi connectivity index (χ2n) is 6.21. The van der Waals surface area contributed by atoms with Crippen LogP contribution in [0.2, 0.25) is 0 Å². The molecule has 2 aromatic carbocycles. The highest BCUT2D eigenvalue weighted by molar-refractivity contribution is 7.92. The predicted octanol–water partition coefficient (Wildman–Crippen LogP) is 3.94. The van der Waals surface area contributed by atoms with Gasteiger partial charge in [-0.2, -0.15) is 22.0 Å². The monoisotopic (exact) mass is 436 g/mol. The summed E-state index contributed by atoms with van der Waals surface area (Å²) in [6.07, 6.45) is -1.25. The Hall–Kier alpha value is -2.69. The molecule has 0 saturated heterocycles. The molecule has 2 aromatic rings. The van der Waals surface area contributed by atoms with Crippen LogP contribution in [0.25, 0.3) is 0 Å². The van der Waals surface area contributed by atoms with Crippen LogP contribution >= 0.6 is 0 Å². The summed E-state index contributed by atoms with van der Waals surface area (Å²) in [6, 6.07) is 7.75. The molecule has 0 spiro atoms. The number of hydrogen-bond donors (Lipinski definition) is 0. The molecule has 0 N–H and O–H groups in total. The lowest BCUT2D eigenvalue weighted by Crippen LogP contribution is -2.28. The smallest absolute Gasteiger partial charge is 0.497 e. The topological polar surface area (TPSA) is 69.7 Å². The minimum atomic E-state index is -6.00. The van der Waals surface area contributed by atoms with E-state index in [9.17, 15) is 35.2 Å². The summed E-state index contributed by atoms with van der Waals surface area (Å²) in [7, 11) is -4.54. The summed E-state index contributed by atoms with van der Waals surface area (Å²) in [5, 5.41) is 0. The van der Waals surface area contributed by atoms with Gasteiger partial charge in [-0.25, -0.2) is 8.42 Å². The van der Waals surface area contributed by atoms with Crippen LogP contribution in [0.1, 0.15) is 21.5 Å². The second-order valence-corrected chi connectivity index (χ2v) is 8.12. The number of halogens is 5. The molecule has 0 unspecified atom stereocenters. The first-order chi connectivity index (χ1) is 13.4. The average Bonchev–Trinajstić information content (AvgIpc) is 2.89. The SMILES string of the molecule is COc1ccc(COc2ccc(S(=O)(=O)C(F)(F)F)c3c2CC(F)(F)C3=O)cc1. The van der Waals surface area contributed by atoms with E-state index >= 15 is 0 Å². The minimum absolute atomic E-state index is 0.151. The third kappa shape index (κ3) is 3.66. The third-order valence-electron chi connectivity index (χ3n) is 4.34. The van der Waals surface area contributed by atoms with Crippen molar-refractivity contribution >= 4 is 15.6 Å². The molecule has 1 aliphatic carbocycles. The van der Waals surface area contributed by atoms with Gasteiger partial charge in [0.25, 0.3) is 9.84 Å². The highest BCUT2D eigenvalue weighted by Crippen LogP contribution is 2.44. The molecule has 29 heavy (non-hydrogen) atoms.